The Morgan fingerprint density at radius 1 is 1.23 bits per heavy atom. The molecule has 3 aromatic rings. The summed E-state index contributed by atoms with van der Waals surface area (Å²) in [6.45, 7) is 1.78. The first-order valence-corrected chi connectivity index (χ1v) is 9.27. The van der Waals surface area contributed by atoms with Crippen LogP contribution in [0.15, 0.2) is 36.5 Å². The van der Waals surface area contributed by atoms with E-state index in [0.29, 0.717) is 11.9 Å². The third-order valence-electron chi connectivity index (χ3n) is 5.90. The van der Waals surface area contributed by atoms with Crippen molar-refractivity contribution in [2.45, 2.75) is 31.8 Å². The zero-order valence-electron chi connectivity index (χ0n) is 14.7. The number of aromatic amines is 1. The first-order valence-electron chi connectivity index (χ1n) is 9.27. The molecule has 2 aromatic heterocycles. The van der Waals surface area contributed by atoms with Crippen LogP contribution in [-0.4, -0.2) is 34.4 Å². The Kier molecular flexibility index (Phi) is 3.60. The third-order valence-corrected chi connectivity index (χ3v) is 5.90. The van der Waals surface area contributed by atoms with E-state index < -0.39 is 0 Å². The number of pyridine rings is 1. The number of nitrogens with two attached hydrogens (primary N) is 1. The summed E-state index contributed by atoms with van der Waals surface area (Å²) in [6, 6.07) is 10.1. The molecule has 6 rings (SSSR count). The smallest absolute Gasteiger partial charge is 0.126 e. The van der Waals surface area contributed by atoms with Crippen LogP contribution in [0.5, 0.6) is 0 Å². The van der Waals surface area contributed by atoms with E-state index in [9.17, 15) is 0 Å². The van der Waals surface area contributed by atoms with Crippen LogP contribution in [0.1, 0.15) is 25.7 Å². The fourth-order valence-corrected chi connectivity index (χ4v) is 4.30. The molecule has 26 heavy (non-hydrogen) atoms. The minimum Gasteiger partial charge on any atom is -0.384 e. The van der Waals surface area contributed by atoms with Crippen molar-refractivity contribution in [2.75, 3.05) is 24.2 Å². The van der Waals surface area contributed by atoms with Gasteiger partial charge in [0.1, 0.15) is 5.82 Å². The maximum atomic E-state index is 6.08. The molecule has 0 spiro atoms. The second-order valence-electron chi connectivity index (χ2n) is 7.65. The van der Waals surface area contributed by atoms with Gasteiger partial charge in [-0.15, -0.1) is 0 Å². The van der Waals surface area contributed by atoms with E-state index in [1.54, 1.807) is 0 Å². The Hall–Kier alpha value is -2.60. The number of benzene rings is 1. The van der Waals surface area contributed by atoms with Gasteiger partial charge in [-0.1, -0.05) is 12.1 Å². The number of rotatable bonds is 4. The summed E-state index contributed by atoms with van der Waals surface area (Å²) in [5, 5.41) is 11.8. The highest BCUT2D eigenvalue weighted by atomic mass is 16.5. The number of nitrogens with one attached hydrogen (secondary N) is 2. The molecular formula is C20H23N5O. The first kappa shape index (κ1) is 15.6. The molecule has 0 unspecified atom stereocenters. The van der Waals surface area contributed by atoms with Crippen LogP contribution >= 0.6 is 0 Å². The molecule has 6 nitrogen and oxygen atoms in total. The summed E-state index contributed by atoms with van der Waals surface area (Å²) in [5.41, 5.74) is 10.2. The quantitative estimate of drug-likeness (QED) is 0.670. The highest BCUT2D eigenvalue weighted by Crippen LogP contribution is 2.43. The highest BCUT2D eigenvalue weighted by molar-refractivity contribution is 5.95. The molecule has 2 bridgehead atoms. The van der Waals surface area contributed by atoms with Crippen molar-refractivity contribution in [1.29, 1.82) is 0 Å². The molecule has 3 fully saturated rings. The lowest BCUT2D eigenvalue weighted by molar-refractivity contribution is -0.108. The number of ether oxygens (including phenoxy) is 1. The predicted molar refractivity (Wildman–Crippen MR) is 103 cm³/mol. The molecule has 0 atom stereocenters. The number of hydrogen-bond acceptors (Lipinski definition) is 5. The average Bonchev–Trinajstić information content (AvgIpc) is 3.22. The van der Waals surface area contributed by atoms with Crippen LogP contribution in [0.3, 0.4) is 0 Å². The molecular weight excluding hydrogens is 326 g/mol. The number of anilines is 2. The summed E-state index contributed by atoms with van der Waals surface area (Å²) in [5.74, 6) is 0.528. The summed E-state index contributed by atoms with van der Waals surface area (Å²) in [6.07, 6.45) is 7.18. The van der Waals surface area contributed by atoms with Gasteiger partial charge in [0.25, 0.3) is 0 Å². The molecule has 6 heteroatoms. The van der Waals surface area contributed by atoms with Gasteiger partial charge >= 0.3 is 0 Å². The SMILES string of the molecule is Nc1cc(NCC23CCC(CC2)OC3)c2ccc(-c3cc[nH]n3)cc2n1. The lowest BCUT2D eigenvalue weighted by Gasteiger charge is -2.46. The van der Waals surface area contributed by atoms with Gasteiger partial charge < -0.3 is 15.8 Å². The number of nitrogen functional groups attached to an aromatic ring is 1. The van der Waals surface area contributed by atoms with Gasteiger partial charge in [-0.2, -0.15) is 5.10 Å². The lowest BCUT2D eigenvalue weighted by atomic mass is 9.71. The van der Waals surface area contributed by atoms with E-state index in [4.69, 9.17) is 10.5 Å². The van der Waals surface area contributed by atoms with Crippen LogP contribution in [0.4, 0.5) is 11.5 Å². The molecule has 2 saturated heterocycles. The number of nitrogens with zero attached hydrogens (tertiary/aromatic N) is 2. The lowest BCUT2D eigenvalue weighted by Crippen LogP contribution is -2.46. The molecule has 1 aromatic carbocycles. The molecule has 0 radical (unpaired) electrons. The van der Waals surface area contributed by atoms with Gasteiger partial charge in [-0.3, -0.25) is 5.10 Å². The van der Waals surface area contributed by atoms with Crippen LogP contribution in [0, 0.1) is 5.41 Å². The van der Waals surface area contributed by atoms with Crippen molar-refractivity contribution in [3.63, 3.8) is 0 Å². The molecule has 2 aliphatic heterocycles. The van der Waals surface area contributed by atoms with Gasteiger partial charge in [0, 0.05) is 40.9 Å². The Morgan fingerprint density at radius 3 is 2.85 bits per heavy atom. The van der Waals surface area contributed by atoms with Crippen LogP contribution in [0.2, 0.25) is 0 Å². The normalized spacial score (nSPS) is 24.8. The second kappa shape index (κ2) is 5.99. The first-order chi connectivity index (χ1) is 12.7. The number of fused-ring (bicyclic) bond motifs is 4. The average molecular weight is 349 g/mol. The van der Waals surface area contributed by atoms with E-state index in [-0.39, 0.29) is 5.41 Å². The van der Waals surface area contributed by atoms with Crippen LogP contribution < -0.4 is 11.1 Å². The van der Waals surface area contributed by atoms with Gasteiger partial charge in [0.15, 0.2) is 0 Å². The molecule has 4 N–H and O–H groups in total. The van der Waals surface area contributed by atoms with E-state index in [2.05, 4.69) is 32.6 Å². The van der Waals surface area contributed by atoms with Crippen molar-refractivity contribution in [3.8, 4) is 11.3 Å². The molecule has 3 aliphatic rings. The van der Waals surface area contributed by atoms with Gasteiger partial charge in [0.2, 0.25) is 0 Å². The fraction of sp³-hybridized carbons (Fsp3) is 0.400. The second-order valence-corrected chi connectivity index (χ2v) is 7.65. The summed E-state index contributed by atoms with van der Waals surface area (Å²) in [4.78, 5) is 4.52. The largest absolute Gasteiger partial charge is 0.384 e. The van der Waals surface area contributed by atoms with E-state index in [1.165, 1.54) is 25.7 Å². The minimum absolute atomic E-state index is 0.258. The van der Waals surface area contributed by atoms with Crippen molar-refractivity contribution < 1.29 is 4.74 Å². The van der Waals surface area contributed by atoms with Crippen molar-refractivity contribution in [2.24, 2.45) is 5.41 Å². The van der Waals surface area contributed by atoms with Gasteiger partial charge in [-0.25, -0.2) is 4.98 Å². The van der Waals surface area contributed by atoms with Crippen LogP contribution in [0.25, 0.3) is 22.2 Å². The standard InChI is InChI=1S/C20H23N5O/c21-19-10-17(22-11-20-6-3-14(4-7-20)26-12-20)15-2-1-13(9-18(15)24-19)16-5-8-23-25-16/h1-2,5,8-10,14H,3-4,6-7,11-12H2,(H,23,25)(H3,21,22,24). The van der Waals surface area contributed by atoms with Gasteiger partial charge in [-0.05, 0) is 37.8 Å². The molecule has 4 heterocycles. The van der Waals surface area contributed by atoms with Crippen molar-refractivity contribution in [3.05, 3.63) is 36.5 Å². The number of H-pyrrole nitrogens is 1. The zero-order valence-corrected chi connectivity index (χ0v) is 14.7. The Balaban J connectivity index is 1.45. The fourth-order valence-electron chi connectivity index (χ4n) is 4.30. The topological polar surface area (TPSA) is 88.9 Å². The maximum absolute atomic E-state index is 6.08. The Bertz CT molecular complexity index is 915. The Morgan fingerprint density at radius 2 is 2.12 bits per heavy atom. The zero-order chi connectivity index (χ0) is 17.6. The number of hydrogen-bond donors (Lipinski definition) is 3. The Labute approximate surface area is 152 Å². The molecule has 1 saturated carbocycles. The minimum atomic E-state index is 0.258. The summed E-state index contributed by atoms with van der Waals surface area (Å²) >= 11 is 0. The van der Waals surface area contributed by atoms with Crippen molar-refractivity contribution >= 4 is 22.4 Å². The predicted octanol–water partition coefficient (Wildman–Crippen LogP) is 3.58. The van der Waals surface area contributed by atoms with Gasteiger partial charge in [0.05, 0.1) is 23.9 Å². The summed E-state index contributed by atoms with van der Waals surface area (Å²) in [7, 11) is 0. The monoisotopic (exact) mass is 349 g/mol. The van der Waals surface area contributed by atoms with Crippen molar-refractivity contribution in [1.82, 2.24) is 15.2 Å². The van der Waals surface area contributed by atoms with E-state index in [0.717, 1.165) is 41.0 Å². The van der Waals surface area contributed by atoms with E-state index in [1.807, 2.05) is 24.4 Å². The highest BCUT2D eigenvalue weighted by Gasteiger charge is 2.41. The molecule has 0 amide bonds. The molecule has 1 aliphatic carbocycles. The van der Waals surface area contributed by atoms with Crippen LogP contribution in [-0.2, 0) is 4.74 Å². The number of aromatic nitrogens is 3. The molecule has 134 valence electrons. The van der Waals surface area contributed by atoms with E-state index >= 15 is 0 Å². The summed E-state index contributed by atoms with van der Waals surface area (Å²) < 4.78 is 5.95. The maximum Gasteiger partial charge on any atom is 0.126 e. The third kappa shape index (κ3) is 2.70.